The summed E-state index contributed by atoms with van der Waals surface area (Å²) in [6.45, 7) is 2.79. The Labute approximate surface area is 71.4 Å². The van der Waals surface area contributed by atoms with Crippen LogP contribution in [0.1, 0.15) is 21.6 Å². The van der Waals surface area contributed by atoms with Crippen molar-refractivity contribution in [3.63, 3.8) is 0 Å². The highest BCUT2D eigenvalue weighted by Crippen LogP contribution is 2.19. The molecule has 1 amide bonds. The van der Waals surface area contributed by atoms with Crippen molar-refractivity contribution in [2.24, 2.45) is 0 Å². The molecule has 2 rings (SSSR count). The van der Waals surface area contributed by atoms with Gasteiger partial charge in [0.15, 0.2) is 0 Å². The predicted octanol–water partition coefficient (Wildman–Crippen LogP) is 0.951. The maximum Gasteiger partial charge on any atom is 0.255 e. The van der Waals surface area contributed by atoms with Gasteiger partial charge in [-0.1, -0.05) is 0 Å². The van der Waals surface area contributed by atoms with Crippen LogP contribution in [0.4, 0.5) is 0 Å². The van der Waals surface area contributed by atoms with E-state index in [1.54, 1.807) is 4.90 Å². The van der Waals surface area contributed by atoms with Gasteiger partial charge in [-0.2, -0.15) is 0 Å². The zero-order valence-electron chi connectivity index (χ0n) is 7.35. The molecule has 0 saturated heterocycles. The van der Waals surface area contributed by atoms with E-state index in [4.69, 9.17) is 0 Å². The number of rotatable bonds is 0. The number of nitrogens with one attached hydrogen (secondary N) is 1. The lowest BCUT2D eigenvalue weighted by molar-refractivity contribution is 0.0780. The van der Waals surface area contributed by atoms with Gasteiger partial charge in [-0.3, -0.25) is 4.79 Å². The highest BCUT2D eigenvalue weighted by molar-refractivity contribution is 5.97. The molecule has 3 heteroatoms. The van der Waals surface area contributed by atoms with Gasteiger partial charge in [-0.15, -0.1) is 0 Å². The lowest BCUT2D eigenvalue weighted by Gasteiger charge is -2.22. The molecule has 0 saturated carbocycles. The number of fused-ring (bicyclic) bond motifs is 1. The molecule has 1 aliphatic heterocycles. The van der Waals surface area contributed by atoms with Crippen molar-refractivity contribution in [2.45, 2.75) is 13.3 Å². The second-order valence-corrected chi connectivity index (χ2v) is 3.30. The number of hydrogen-bond acceptors (Lipinski definition) is 1. The Hall–Kier alpha value is -1.25. The molecule has 2 heterocycles. The smallest absolute Gasteiger partial charge is 0.255 e. The van der Waals surface area contributed by atoms with E-state index in [1.165, 1.54) is 0 Å². The molecule has 1 N–H and O–H groups in total. The monoisotopic (exact) mass is 164 g/mol. The Kier molecular flexibility index (Phi) is 1.46. The van der Waals surface area contributed by atoms with Gasteiger partial charge >= 0.3 is 0 Å². The largest absolute Gasteiger partial charge is 0.364 e. The van der Waals surface area contributed by atoms with Crippen molar-refractivity contribution < 1.29 is 4.79 Å². The molecule has 12 heavy (non-hydrogen) atoms. The van der Waals surface area contributed by atoms with Crippen molar-refractivity contribution in [3.8, 4) is 0 Å². The molecule has 1 aromatic heterocycles. The van der Waals surface area contributed by atoms with E-state index < -0.39 is 0 Å². The second-order valence-electron chi connectivity index (χ2n) is 3.30. The molecular weight excluding hydrogens is 152 g/mol. The first-order chi connectivity index (χ1) is 5.70. The van der Waals surface area contributed by atoms with Crippen molar-refractivity contribution in [1.82, 2.24) is 9.88 Å². The molecule has 0 atom stereocenters. The van der Waals surface area contributed by atoms with Gasteiger partial charge in [0.25, 0.3) is 5.91 Å². The Bertz CT molecular complexity index is 327. The normalized spacial score (nSPS) is 16.5. The number of hydrogen-bond donors (Lipinski definition) is 1. The fourth-order valence-electron chi connectivity index (χ4n) is 1.64. The molecule has 1 aliphatic rings. The lowest BCUT2D eigenvalue weighted by atomic mass is 10.0. The van der Waals surface area contributed by atoms with E-state index in [1.807, 2.05) is 20.2 Å². The van der Waals surface area contributed by atoms with E-state index in [9.17, 15) is 4.79 Å². The number of carbonyl (C=O) groups excluding carboxylic acids is 1. The summed E-state index contributed by atoms with van der Waals surface area (Å²) in [6.07, 6.45) is 2.85. The first kappa shape index (κ1) is 7.40. The highest BCUT2D eigenvalue weighted by Gasteiger charge is 2.24. The molecule has 0 aliphatic carbocycles. The van der Waals surface area contributed by atoms with E-state index in [0.29, 0.717) is 0 Å². The summed E-state index contributed by atoms with van der Waals surface area (Å²) in [6, 6.07) is 0. The fraction of sp³-hybridized carbons (Fsp3) is 0.444. The van der Waals surface area contributed by atoms with Gasteiger partial charge < -0.3 is 9.88 Å². The van der Waals surface area contributed by atoms with E-state index in [-0.39, 0.29) is 5.91 Å². The third kappa shape index (κ3) is 0.858. The maximum absolute atomic E-state index is 11.6. The number of H-pyrrole nitrogens is 1. The van der Waals surface area contributed by atoms with Gasteiger partial charge in [0.2, 0.25) is 0 Å². The van der Waals surface area contributed by atoms with Crippen LogP contribution in [0.25, 0.3) is 0 Å². The lowest BCUT2D eigenvalue weighted by Crippen LogP contribution is -2.34. The molecular formula is C9H12N2O. The average Bonchev–Trinajstić information content (AvgIpc) is 2.41. The van der Waals surface area contributed by atoms with E-state index in [2.05, 4.69) is 4.98 Å². The van der Waals surface area contributed by atoms with Crippen LogP contribution >= 0.6 is 0 Å². The third-order valence-corrected chi connectivity index (χ3v) is 2.42. The average molecular weight is 164 g/mol. The summed E-state index contributed by atoms with van der Waals surface area (Å²) in [5, 5.41) is 0. The van der Waals surface area contributed by atoms with Crippen molar-refractivity contribution in [3.05, 3.63) is 23.0 Å². The van der Waals surface area contributed by atoms with Gasteiger partial charge in [0, 0.05) is 31.9 Å². The maximum atomic E-state index is 11.6. The summed E-state index contributed by atoms with van der Waals surface area (Å²) in [5.74, 6) is 0.148. The minimum Gasteiger partial charge on any atom is -0.364 e. The summed E-state index contributed by atoms with van der Waals surface area (Å²) in [4.78, 5) is 16.5. The number of aromatic nitrogens is 1. The SMILES string of the molecule is Cc1c[nH]c2c1C(=O)N(C)CC2. The Morgan fingerprint density at radius 2 is 2.33 bits per heavy atom. The Morgan fingerprint density at radius 3 is 3.08 bits per heavy atom. The van der Waals surface area contributed by atoms with Crippen LogP contribution in [0.15, 0.2) is 6.20 Å². The quantitative estimate of drug-likeness (QED) is 0.609. The summed E-state index contributed by atoms with van der Waals surface area (Å²) >= 11 is 0. The summed E-state index contributed by atoms with van der Waals surface area (Å²) in [5.41, 5.74) is 3.03. The minimum atomic E-state index is 0.148. The van der Waals surface area contributed by atoms with Crippen LogP contribution in [0.3, 0.4) is 0 Å². The number of aromatic amines is 1. The van der Waals surface area contributed by atoms with Crippen LogP contribution in [0.2, 0.25) is 0 Å². The van der Waals surface area contributed by atoms with Crippen LogP contribution in [-0.4, -0.2) is 29.4 Å². The fourth-order valence-corrected chi connectivity index (χ4v) is 1.64. The van der Waals surface area contributed by atoms with Crippen molar-refractivity contribution in [2.75, 3.05) is 13.6 Å². The molecule has 0 aromatic carbocycles. The zero-order chi connectivity index (χ0) is 8.72. The number of nitrogens with zero attached hydrogens (tertiary/aromatic N) is 1. The molecule has 3 nitrogen and oxygen atoms in total. The van der Waals surface area contributed by atoms with Crippen LogP contribution < -0.4 is 0 Å². The zero-order valence-corrected chi connectivity index (χ0v) is 7.35. The van der Waals surface area contributed by atoms with Crippen molar-refractivity contribution in [1.29, 1.82) is 0 Å². The first-order valence-corrected chi connectivity index (χ1v) is 4.12. The van der Waals surface area contributed by atoms with Crippen molar-refractivity contribution >= 4 is 5.91 Å². The topological polar surface area (TPSA) is 36.1 Å². The molecule has 0 spiro atoms. The number of amides is 1. The predicted molar refractivity (Wildman–Crippen MR) is 46.2 cm³/mol. The Balaban J connectivity index is 2.53. The first-order valence-electron chi connectivity index (χ1n) is 4.12. The number of carbonyl (C=O) groups is 1. The van der Waals surface area contributed by atoms with E-state index in [0.717, 1.165) is 29.8 Å². The molecule has 1 aromatic rings. The van der Waals surface area contributed by atoms with Gasteiger partial charge in [0.05, 0.1) is 5.56 Å². The minimum absolute atomic E-state index is 0.148. The third-order valence-electron chi connectivity index (χ3n) is 2.42. The summed E-state index contributed by atoms with van der Waals surface area (Å²) < 4.78 is 0. The van der Waals surface area contributed by atoms with Gasteiger partial charge in [-0.25, -0.2) is 0 Å². The summed E-state index contributed by atoms with van der Waals surface area (Å²) in [7, 11) is 1.84. The van der Waals surface area contributed by atoms with Gasteiger partial charge in [-0.05, 0) is 12.5 Å². The molecule has 0 unspecified atom stereocenters. The molecule has 0 fully saturated rings. The Morgan fingerprint density at radius 1 is 1.58 bits per heavy atom. The molecule has 0 radical (unpaired) electrons. The van der Waals surface area contributed by atoms with Crippen LogP contribution in [-0.2, 0) is 6.42 Å². The molecule has 64 valence electrons. The number of aryl methyl sites for hydroxylation is 1. The number of likely N-dealkylation sites (N-methyl/N-ethyl adjacent to an activating group) is 1. The molecule has 0 bridgehead atoms. The van der Waals surface area contributed by atoms with Gasteiger partial charge in [0.1, 0.15) is 0 Å². The van der Waals surface area contributed by atoms with E-state index >= 15 is 0 Å². The van der Waals surface area contributed by atoms with Crippen LogP contribution in [0, 0.1) is 6.92 Å². The van der Waals surface area contributed by atoms with Crippen LogP contribution in [0.5, 0.6) is 0 Å². The highest BCUT2D eigenvalue weighted by atomic mass is 16.2. The second kappa shape index (κ2) is 2.37. The standard InChI is InChI=1S/C9H12N2O/c1-6-5-10-7-3-4-11(2)9(12)8(6)7/h5,10H,3-4H2,1-2H3.